The molecule has 0 amide bonds. The Hall–Kier alpha value is -1.26. The van der Waals surface area contributed by atoms with Crippen LogP contribution in [0, 0.1) is 13.8 Å². The zero-order valence-corrected chi connectivity index (χ0v) is 15.5. The number of nitrogens with one attached hydrogen (secondary N) is 2. The third kappa shape index (κ3) is 3.86. The first-order valence-corrected chi connectivity index (χ1v) is 10.2. The molecule has 132 valence electrons. The van der Waals surface area contributed by atoms with Crippen LogP contribution in [0.1, 0.15) is 11.3 Å². The summed E-state index contributed by atoms with van der Waals surface area (Å²) in [6.45, 7) is 8.14. The molecule has 3 heterocycles. The van der Waals surface area contributed by atoms with Gasteiger partial charge < -0.3 is 4.74 Å². The van der Waals surface area contributed by atoms with Crippen LogP contribution in [0.25, 0.3) is 10.6 Å². The molecule has 2 aromatic rings. The summed E-state index contributed by atoms with van der Waals surface area (Å²) >= 11 is 1.24. The van der Waals surface area contributed by atoms with Gasteiger partial charge in [0.25, 0.3) is 0 Å². The van der Waals surface area contributed by atoms with Gasteiger partial charge in [-0.05, 0) is 31.5 Å². The van der Waals surface area contributed by atoms with Crippen molar-refractivity contribution in [2.75, 3.05) is 39.4 Å². The Balaban J connectivity index is 1.63. The van der Waals surface area contributed by atoms with Crippen LogP contribution in [0.4, 0.5) is 0 Å². The van der Waals surface area contributed by atoms with Gasteiger partial charge in [-0.2, -0.15) is 5.10 Å². The Morgan fingerprint density at radius 3 is 2.75 bits per heavy atom. The first kappa shape index (κ1) is 17.6. The number of aromatic nitrogens is 2. The minimum atomic E-state index is -3.48. The van der Waals surface area contributed by atoms with Crippen molar-refractivity contribution in [1.82, 2.24) is 19.8 Å². The van der Waals surface area contributed by atoms with Gasteiger partial charge in [0.05, 0.1) is 18.1 Å². The number of hydrogen-bond acceptors (Lipinski definition) is 6. The lowest BCUT2D eigenvalue weighted by molar-refractivity contribution is 0.0390. The fraction of sp³-hybridized carbons (Fsp3) is 0.533. The summed E-state index contributed by atoms with van der Waals surface area (Å²) in [6.07, 6.45) is 0. The van der Waals surface area contributed by atoms with Crippen LogP contribution in [0.2, 0.25) is 0 Å². The van der Waals surface area contributed by atoms with Gasteiger partial charge in [-0.15, -0.1) is 11.3 Å². The number of H-pyrrole nitrogens is 1. The van der Waals surface area contributed by atoms with Gasteiger partial charge in [0, 0.05) is 31.9 Å². The summed E-state index contributed by atoms with van der Waals surface area (Å²) in [7, 11) is -3.48. The van der Waals surface area contributed by atoms with Gasteiger partial charge in [0.2, 0.25) is 10.0 Å². The summed E-state index contributed by atoms with van der Waals surface area (Å²) in [6, 6.07) is 3.45. The lowest BCUT2D eigenvalue weighted by atomic mass is 10.2. The molecular formula is C15H22N4O3S2. The summed E-state index contributed by atoms with van der Waals surface area (Å²) < 4.78 is 33.2. The van der Waals surface area contributed by atoms with E-state index in [1.165, 1.54) is 11.3 Å². The van der Waals surface area contributed by atoms with Crippen LogP contribution in [0.5, 0.6) is 0 Å². The molecule has 7 nitrogen and oxygen atoms in total. The maximum absolute atomic E-state index is 12.4. The highest BCUT2D eigenvalue weighted by Gasteiger charge is 2.19. The minimum Gasteiger partial charge on any atom is -0.379 e. The second kappa shape index (κ2) is 7.32. The largest absolute Gasteiger partial charge is 0.379 e. The summed E-state index contributed by atoms with van der Waals surface area (Å²) in [5.74, 6) is 0. The van der Waals surface area contributed by atoms with E-state index >= 15 is 0 Å². The van der Waals surface area contributed by atoms with Crippen molar-refractivity contribution in [2.24, 2.45) is 0 Å². The van der Waals surface area contributed by atoms with Gasteiger partial charge in [-0.1, -0.05) is 0 Å². The Bertz CT molecular complexity index is 792. The Labute approximate surface area is 146 Å². The third-order valence-electron chi connectivity index (χ3n) is 4.16. The van der Waals surface area contributed by atoms with Crippen LogP contribution < -0.4 is 4.72 Å². The van der Waals surface area contributed by atoms with E-state index in [9.17, 15) is 8.42 Å². The molecule has 0 spiro atoms. The summed E-state index contributed by atoms with van der Waals surface area (Å²) in [4.78, 5) is 3.05. The van der Waals surface area contributed by atoms with Gasteiger partial charge in [-0.3, -0.25) is 10.00 Å². The molecule has 0 aromatic carbocycles. The van der Waals surface area contributed by atoms with Gasteiger partial charge in [0.1, 0.15) is 9.90 Å². The number of ether oxygens (including phenoxy) is 1. The number of thiophene rings is 1. The lowest BCUT2D eigenvalue weighted by Crippen LogP contribution is -2.41. The van der Waals surface area contributed by atoms with Crippen molar-refractivity contribution in [2.45, 2.75) is 18.1 Å². The molecule has 2 N–H and O–H groups in total. The molecule has 1 aliphatic heterocycles. The van der Waals surface area contributed by atoms with E-state index in [1.807, 2.05) is 19.9 Å². The lowest BCUT2D eigenvalue weighted by Gasteiger charge is -2.26. The molecule has 0 aliphatic carbocycles. The number of aromatic amines is 1. The van der Waals surface area contributed by atoms with E-state index in [2.05, 4.69) is 19.8 Å². The van der Waals surface area contributed by atoms with Crippen molar-refractivity contribution in [3.8, 4) is 10.6 Å². The van der Waals surface area contributed by atoms with Gasteiger partial charge >= 0.3 is 0 Å². The van der Waals surface area contributed by atoms with Crippen molar-refractivity contribution in [3.63, 3.8) is 0 Å². The van der Waals surface area contributed by atoms with Crippen molar-refractivity contribution < 1.29 is 13.2 Å². The molecule has 1 aliphatic rings. The average molecular weight is 371 g/mol. The van der Waals surface area contributed by atoms with E-state index in [1.54, 1.807) is 6.07 Å². The second-order valence-corrected chi connectivity index (χ2v) is 8.87. The van der Waals surface area contributed by atoms with Crippen molar-refractivity contribution in [1.29, 1.82) is 0 Å². The number of aryl methyl sites for hydroxylation is 1. The van der Waals surface area contributed by atoms with E-state index < -0.39 is 10.0 Å². The van der Waals surface area contributed by atoms with E-state index in [0.717, 1.165) is 34.9 Å². The van der Waals surface area contributed by atoms with Crippen LogP contribution >= 0.6 is 11.3 Å². The molecule has 9 heteroatoms. The Morgan fingerprint density at radius 1 is 1.33 bits per heavy atom. The Morgan fingerprint density at radius 2 is 2.08 bits per heavy atom. The highest BCUT2D eigenvalue weighted by Crippen LogP contribution is 2.32. The first-order chi connectivity index (χ1) is 11.5. The fourth-order valence-corrected chi connectivity index (χ4v) is 4.97. The molecule has 0 saturated carbocycles. The molecule has 0 unspecified atom stereocenters. The quantitative estimate of drug-likeness (QED) is 0.802. The number of nitrogens with zero attached hydrogens (tertiary/aromatic N) is 2. The molecule has 24 heavy (non-hydrogen) atoms. The SMILES string of the molecule is Cc1[nH]nc(-c2ccc(S(=O)(=O)NCCN3CCOCC3)s2)c1C. The first-order valence-electron chi connectivity index (χ1n) is 7.89. The molecule has 0 bridgehead atoms. The van der Waals surface area contributed by atoms with Crippen LogP contribution in [-0.4, -0.2) is 62.9 Å². The molecule has 3 rings (SSSR count). The molecule has 0 radical (unpaired) electrons. The van der Waals surface area contributed by atoms with Crippen molar-refractivity contribution >= 4 is 21.4 Å². The van der Waals surface area contributed by atoms with Gasteiger partial charge in [0.15, 0.2) is 0 Å². The molecular weight excluding hydrogens is 348 g/mol. The smallest absolute Gasteiger partial charge is 0.250 e. The van der Waals surface area contributed by atoms with Crippen LogP contribution in [0.3, 0.4) is 0 Å². The van der Waals surface area contributed by atoms with E-state index in [0.29, 0.717) is 30.5 Å². The summed E-state index contributed by atoms with van der Waals surface area (Å²) in [5, 5.41) is 7.19. The number of rotatable bonds is 6. The zero-order valence-electron chi connectivity index (χ0n) is 13.8. The maximum Gasteiger partial charge on any atom is 0.250 e. The van der Waals surface area contributed by atoms with Crippen molar-refractivity contribution in [3.05, 3.63) is 23.4 Å². The predicted molar refractivity (Wildman–Crippen MR) is 93.8 cm³/mol. The number of hydrogen-bond donors (Lipinski definition) is 2. The molecule has 1 fully saturated rings. The summed E-state index contributed by atoms with van der Waals surface area (Å²) in [5.41, 5.74) is 2.85. The highest BCUT2D eigenvalue weighted by atomic mass is 32.2. The van der Waals surface area contributed by atoms with Crippen LogP contribution in [-0.2, 0) is 14.8 Å². The molecule has 2 aromatic heterocycles. The fourth-order valence-electron chi connectivity index (χ4n) is 2.55. The normalized spacial score (nSPS) is 16.6. The van der Waals surface area contributed by atoms with E-state index in [-0.39, 0.29) is 0 Å². The topological polar surface area (TPSA) is 87.3 Å². The average Bonchev–Trinajstić information content (AvgIpc) is 3.17. The predicted octanol–water partition coefficient (Wildman–Crippen LogP) is 1.37. The number of sulfonamides is 1. The molecule has 0 atom stereocenters. The minimum absolute atomic E-state index is 0.319. The monoisotopic (exact) mass is 370 g/mol. The highest BCUT2D eigenvalue weighted by molar-refractivity contribution is 7.91. The zero-order chi connectivity index (χ0) is 17.2. The number of morpholine rings is 1. The Kier molecular flexibility index (Phi) is 5.36. The maximum atomic E-state index is 12.4. The van der Waals surface area contributed by atoms with Gasteiger partial charge in [-0.25, -0.2) is 13.1 Å². The molecule has 1 saturated heterocycles. The second-order valence-electron chi connectivity index (χ2n) is 5.79. The van der Waals surface area contributed by atoms with Crippen LogP contribution in [0.15, 0.2) is 16.3 Å². The standard InChI is InChI=1S/C15H22N4O3S2/c1-11-12(2)17-18-15(11)13-3-4-14(23-13)24(20,21)16-5-6-19-7-9-22-10-8-19/h3-4,16H,5-10H2,1-2H3,(H,17,18). The van der Waals surface area contributed by atoms with E-state index in [4.69, 9.17) is 4.74 Å². The third-order valence-corrected chi connectivity index (χ3v) is 7.20.